The highest BCUT2D eigenvalue weighted by atomic mass is 32.2. The second-order valence-electron chi connectivity index (χ2n) is 5.70. The number of pyridine rings is 1. The van der Waals surface area contributed by atoms with E-state index in [1.54, 1.807) is 24.2 Å². The highest BCUT2D eigenvalue weighted by molar-refractivity contribution is 7.98. The number of aromatic amines is 1. The average Bonchev–Trinajstić information content (AvgIpc) is 3.03. The van der Waals surface area contributed by atoms with Crippen molar-refractivity contribution in [3.63, 3.8) is 0 Å². The third-order valence-electron chi connectivity index (χ3n) is 3.84. The van der Waals surface area contributed by atoms with E-state index >= 15 is 0 Å². The van der Waals surface area contributed by atoms with Gasteiger partial charge >= 0.3 is 0 Å². The van der Waals surface area contributed by atoms with Gasteiger partial charge in [0.1, 0.15) is 0 Å². The summed E-state index contributed by atoms with van der Waals surface area (Å²) in [4.78, 5) is 23.9. The summed E-state index contributed by atoms with van der Waals surface area (Å²) in [7, 11) is 0. The Balaban J connectivity index is 1.60. The molecule has 2 N–H and O–H groups in total. The lowest BCUT2D eigenvalue weighted by molar-refractivity contribution is 0.0939. The topological polar surface area (TPSA) is 70.7 Å². The normalized spacial score (nSPS) is 12.2. The molecule has 0 spiro atoms. The molecule has 0 saturated carbocycles. The molecule has 0 aliphatic carbocycles. The molecule has 0 radical (unpaired) electrons. The Morgan fingerprint density at radius 2 is 2.08 bits per heavy atom. The zero-order valence-corrected chi connectivity index (χ0v) is 14.6. The maximum Gasteiger partial charge on any atom is 0.251 e. The van der Waals surface area contributed by atoms with Gasteiger partial charge in [-0.15, -0.1) is 0 Å². The summed E-state index contributed by atoms with van der Waals surface area (Å²) in [6, 6.07) is 9.80. The number of hydrogen-bond acceptors (Lipinski definition) is 4. The molecule has 1 amide bonds. The third-order valence-corrected chi connectivity index (χ3v) is 4.79. The molecule has 0 saturated heterocycles. The minimum Gasteiger partial charge on any atom is -0.350 e. The molecule has 3 rings (SSSR count). The zero-order valence-electron chi connectivity index (χ0n) is 13.7. The number of H-pyrrole nitrogens is 1. The number of amides is 1. The van der Waals surface area contributed by atoms with E-state index in [0.717, 1.165) is 33.9 Å². The van der Waals surface area contributed by atoms with Crippen molar-refractivity contribution in [2.24, 2.45) is 0 Å². The van der Waals surface area contributed by atoms with Crippen molar-refractivity contribution in [1.82, 2.24) is 20.3 Å². The van der Waals surface area contributed by atoms with Crippen molar-refractivity contribution in [2.75, 3.05) is 0 Å². The first-order chi connectivity index (χ1) is 11.7. The molecule has 1 atom stereocenters. The van der Waals surface area contributed by atoms with Crippen molar-refractivity contribution in [3.8, 4) is 0 Å². The van der Waals surface area contributed by atoms with Crippen molar-refractivity contribution in [3.05, 3.63) is 53.9 Å². The lowest BCUT2D eigenvalue weighted by Gasteiger charge is -2.11. The van der Waals surface area contributed by atoms with Gasteiger partial charge in [-0.1, -0.05) is 30.8 Å². The lowest BCUT2D eigenvalue weighted by atomic mass is 10.1. The van der Waals surface area contributed by atoms with Crippen molar-refractivity contribution >= 4 is 28.7 Å². The van der Waals surface area contributed by atoms with Crippen LogP contribution in [0.25, 0.3) is 11.0 Å². The third kappa shape index (κ3) is 3.94. The molecule has 124 valence electrons. The van der Waals surface area contributed by atoms with Gasteiger partial charge in [-0.05, 0) is 37.1 Å². The molecule has 2 heterocycles. The molecule has 6 heteroatoms. The standard InChI is InChI=1S/C18H20N4OS/c1-3-12(2)20-17(23)14-6-4-13(5-7-14)11-24-18-21-15-8-9-19-10-16(15)22-18/h4-10,12H,3,11H2,1-2H3,(H,20,23)(H,21,22). The number of imidazole rings is 1. The highest BCUT2D eigenvalue weighted by Crippen LogP contribution is 2.22. The second kappa shape index (κ2) is 7.49. The fourth-order valence-electron chi connectivity index (χ4n) is 2.22. The first-order valence-corrected chi connectivity index (χ1v) is 8.96. The Bertz CT molecular complexity index is 795. The van der Waals surface area contributed by atoms with Crippen LogP contribution in [0.3, 0.4) is 0 Å². The predicted molar refractivity (Wildman–Crippen MR) is 97.1 cm³/mol. The van der Waals surface area contributed by atoms with Crippen LogP contribution in [-0.4, -0.2) is 26.9 Å². The number of hydrogen-bond donors (Lipinski definition) is 2. The van der Waals surface area contributed by atoms with Crippen molar-refractivity contribution in [2.45, 2.75) is 37.2 Å². The van der Waals surface area contributed by atoms with Crippen LogP contribution in [0, 0.1) is 0 Å². The number of nitrogens with zero attached hydrogens (tertiary/aromatic N) is 2. The summed E-state index contributed by atoms with van der Waals surface area (Å²) in [5.74, 6) is 0.772. The Kier molecular flexibility index (Phi) is 5.15. The number of rotatable bonds is 6. The van der Waals surface area contributed by atoms with Crippen LogP contribution in [0.4, 0.5) is 0 Å². The van der Waals surface area contributed by atoms with E-state index in [2.05, 4.69) is 27.2 Å². The fraction of sp³-hybridized carbons (Fsp3) is 0.278. The van der Waals surface area contributed by atoms with Gasteiger partial charge < -0.3 is 10.3 Å². The van der Waals surface area contributed by atoms with E-state index in [9.17, 15) is 4.79 Å². The second-order valence-corrected chi connectivity index (χ2v) is 6.67. The van der Waals surface area contributed by atoms with Gasteiger partial charge in [-0.3, -0.25) is 9.78 Å². The number of aromatic nitrogens is 3. The first kappa shape index (κ1) is 16.5. The van der Waals surface area contributed by atoms with Gasteiger partial charge in [0.15, 0.2) is 5.16 Å². The molecule has 1 unspecified atom stereocenters. The monoisotopic (exact) mass is 340 g/mol. The van der Waals surface area contributed by atoms with E-state index in [0.29, 0.717) is 5.56 Å². The van der Waals surface area contributed by atoms with Crippen LogP contribution in [0.5, 0.6) is 0 Å². The molecule has 0 fully saturated rings. The summed E-state index contributed by atoms with van der Waals surface area (Å²) in [6.45, 7) is 4.06. The van der Waals surface area contributed by atoms with E-state index < -0.39 is 0 Å². The van der Waals surface area contributed by atoms with Gasteiger partial charge in [0.2, 0.25) is 0 Å². The summed E-state index contributed by atoms with van der Waals surface area (Å²) in [6.07, 6.45) is 4.44. The van der Waals surface area contributed by atoms with E-state index in [-0.39, 0.29) is 11.9 Å². The molecule has 0 aliphatic heterocycles. The van der Waals surface area contributed by atoms with E-state index in [4.69, 9.17) is 0 Å². The van der Waals surface area contributed by atoms with E-state index in [1.165, 1.54) is 0 Å². The van der Waals surface area contributed by atoms with Gasteiger partial charge in [-0.2, -0.15) is 0 Å². The quantitative estimate of drug-likeness (QED) is 0.670. The van der Waals surface area contributed by atoms with Crippen LogP contribution in [-0.2, 0) is 5.75 Å². The zero-order chi connectivity index (χ0) is 16.9. The maximum absolute atomic E-state index is 12.1. The maximum atomic E-state index is 12.1. The number of carbonyl (C=O) groups is 1. The Hall–Kier alpha value is -2.34. The smallest absolute Gasteiger partial charge is 0.251 e. The molecule has 2 aromatic heterocycles. The average molecular weight is 340 g/mol. The van der Waals surface area contributed by atoms with Crippen LogP contribution in [0.1, 0.15) is 36.2 Å². The number of fused-ring (bicyclic) bond motifs is 1. The van der Waals surface area contributed by atoms with Gasteiger partial charge in [0.25, 0.3) is 5.91 Å². The fourth-order valence-corrected chi connectivity index (χ4v) is 3.06. The van der Waals surface area contributed by atoms with Gasteiger partial charge in [0, 0.05) is 23.6 Å². The molecular weight excluding hydrogens is 320 g/mol. The first-order valence-electron chi connectivity index (χ1n) is 7.98. The molecular formula is C18H20N4OS. The largest absolute Gasteiger partial charge is 0.350 e. The molecule has 0 bridgehead atoms. The Morgan fingerprint density at radius 3 is 2.79 bits per heavy atom. The summed E-state index contributed by atoms with van der Waals surface area (Å²) in [5.41, 5.74) is 3.71. The van der Waals surface area contributed by atoms with Gasteiger partial charge in [-0.25, -0.2) is 4.98 Å². The number of thioether (sulfide) groups is 1. The molecule has 0 aliphatic rings. The highest BCUT2D eigenvalue weighted by Gasteiger charge is 2.09. The van der Waals surface area contributed by atoms with Crippen LogP contribution in [0.15, 0.2) is 47.9 Å². The van der Waals surface area contributed by atoms with Gasteiger partial charge in [0.05, 0.1) is 17.2 Å². The molecule has 5 nitrogen and oxygen atoms in total. The lowest BCUT2D eigenvalue weighted by Crippen LogP contribution is -2.31. The van der Waals surface area contributed by atoms with Crippen molar-refractivity contribution < 1.29 is 4.79 Å². The minimum absolute atomic E-state index is 0.0201. The predicted octanol–water partition coefficient (Wildman–Crippen LogP) is 3.78. The SMILES string of the molecule is CCC(C)NC(=O)c1ccc(CSc2nc3ccncc3[nH]2)cc1. The van der Waals surface area contributed by atoms with Crippen LogP contribution in [0.2, 0.25) is 0 Å². The number of nitrogens with one attached hydrogen (secondary N) is 2. The van der Waals surface area contributed by atoms with Crippen LogP contribution < -0.4 is 5.32 Å². The molecule has 24 heavy (non-hydrogen) atoms. The van der Waals surface area contributed by atoms with Crippen LogP contribution >= 0.6 is 11.8 Å². The van der Waals surface area contributed by atoms with E-state index in [1.807, 2.05) is 37.3 Å². The van der Waals surface area contributed by atoms with Crippen molar-refractivity contribution in [1.29, 1.82) is 0 Å². The number of carbonyl (C=O) groups excluding carboxylic acids is 1. The summed E-state index contributed by atoms with van der Waals surface area (Å²) >= 11 is 1.63. The Labute approximate surface area is 145 Å². The molecule has 3 aromatic rings. The summed E-state index contributed by atoms with van der Waals surface area (Å²) < 4.78 is 0. The summed E-state index contributed by atoms with van der Waals surface area (Å²) in [5, 5.41) is 3.84. The molecule has 1 aromatic carbocycles. The Morgan fingerprint density at radius 1 is 1.29 bits per heavy atom. The number of benzene rings is 1. The minimum atomic E-state index is -0.0201.